The van der Waals surface area contributed by atoms with Crippen molar-refractivity contribution < 1.29 is 23.8 Å². The molecule has 8 heteroatoms. The van der Waals surface area contributed by atoms with Gasteiger partial charge in [-0.15, -0.1) is 0 Å². The van der Waals surface area contributed by atoms with Crippen molar-refractivity contribution >= 4 is 17.5 Å². The molecule has 2 amide bonds. The molecule has 1 heterocycles. The second-order valence-electron chi connectivity index (χ2n) is 5.71. The monoisotopic (exact) mass is 353 g/mol. The van der Waals surface area contributed by atoms with Crippen LogP contribution in [0.2, 0.25) is 0 Å². The van der Waals surface area contributed by atoms with E-state index in [-0.39, 0.29) is 30.7 Å². The average Bonchev–Trinajstić information content (AvgIpc) is 2.61. The number of nitrogens with one attached hydrogen (secondary N) is 2. The second-order valence-corrected chi connectivity index (χ2v) is 5.71. The number of ether oxygens (including phenoxy) is 1. The zero-order chi connectivity index (χ0) is 18.2. The lowest BCUT2D eigenvalue weighted by Gasteiger charge is -2.22. The van der Waals surface area contributed by atoms with E-state index in [0.29, 0.717) is 43.9 Å². The average molecular weight is 353 g/mol. The van der Waals surface area contributed by atoms with Gasteiger partial charge in [0.2, 0.25) is 5.91 Å². The molecule has 1 aromatic rings. The van der Waals surface area contributed by atoms with Gasteiger partial charge in [0.25, 0.3) is 5.91 Å². The third-order valence-electron chi connectivity index (χ3n) is 3.97. The van der Waals surface area contributed by atoms with Gasteiger partial charge in [-0.05, 0) is 24.6 Å². The molecule has 7 nitrogen and oxygen atoms in total. The van der Waals surface area contributed by atoms with Gasteiger partial charge >= 0.3 is 0 Å². The van der Waals surface area contributed by atoms with E-state index in [2.05, 4.69) is 10.6 Å². The summed E-state index contributed by atoms with van der Waals surface area (Å²) in [6.45, 7) is 2.89. The van der Waals surface area contributed by atoms with E-state index in [0.717, 1.165) is 5.56 Å². The van der Waals surface area contributed by atoms with Crippen LogP contribution in [0, 0.1) is 0 Å². The van der Waals surface area contributed by atoms with Crippen LogP contribution in [0.5, 0.6) is 11.5 Å². The van der Waals surface area contributed by atoms with Crippen LogP contribution in [0.3, 0.4) is 0 Å². The minimum Gasteiger partial charge on any atom is -0.506 e. The maximum absolute atomic E-state index is 12.5. The number of halogens is 1. The number of nitrogens with zero attached hydrogens (tertiary/aromatic N) is 1. The molecule has 0 bridgehead atoms. The summed E-state index contributed by atoms with van der Waals surface area (Å²) in [5.74, 6) is 0.101. The number of anilines is 1. The number of rotatable bonds is 9. The zero-order valence-electron chi connectivity index (χ0n) is 14.3. The quantitative estimate of drug-likeness (QED) is 0.456. The van der Waals surface area contributed by atoms with Gasteiger partial charge in [0.15, 0.2) is 12.4 Å². The van der Waals surface area contributed by atoms with Gasteiger partial charge in [-0.25, -0.2) is 4.39 Å². The lowest BCUT2D eigenvalue weighted by Crippen LogP contribution is -2.38. The standard InChI is InChI=1S/C17H24FN3O4/c1-2-15(24)21(9-6-18)10-8-19-7-5-12-3-4-13(22)16-17(12)25-11-14(23)20-16/h3-4,19,22H,2,5-11H2,1H3,(H,20,23). The molecular formula is C17H24FN3O4. The first-order valence-electron chi connectivity index (χ1n) is 8.38. The summed E-state index contributed by atoms with van der Waals surface area (Å²) < 4.78 is 17.9. The van der Waals surface area contributed by atoms with Gasteiger partial charge in [0.05, 0.1) is 0 Å². The topological polar surface area (TPSA) is 90.9 Å². The van der Waals surface area contributed by atoms with Crippen LogP contribution in [0.1, 0.15) is 18.9 Å². The number of carbonyl (C=O) groups excluding carboxylic acids is 2. The van der Waals surface area contributed by atoms with Crippen molar-refractivity contribution in [2.24, 2.45) is 0 Å². The van der Waals surface area contributed by atoms with Crippen molar-refractivity contribution in [2.75, 3.05) is 44.8 Å². The summed E-state index contributed by atoms with van der Waals surface area (Å²) in [7, 11) is 0. The molecule has 25 heavy (non-hydrogen) atoms. The highest BCUT2D eigenvalue weighted by Gasteiger charge is 2.22. The van der Waals surface area contributed by atoms with E-state index in [1.54, 1.807) is 13.0 Å². The summed E-state index contributed by atoms with van der Waals surface area (Å²) in [4.78, 5) is 24.5. The highest BCUT2D eigenvalue weighted by molar-refractivity contribution is 5.97. The second kappa shape index (κ2) is 9.22. The fourth-order valence-electron chi connectivity index (χ4n) is 2.66. The van der Waals surface area contributed by atoms with E-state index in [4.69, 9.17) is 4.74 Å². The molecule has 1 aromatic carbocycles. The van der Waals surface area contributed by atoms with Crippen LogP contribution in [-0.2, 0) is 16.0 Å². The molecule has 1 aliphatic rings. The van der Waals surface area contributed by atoms with Gasteiger partial charge in [0, 0.05) is 26.1 Å². The normalized spacial score (nSPS) is 13.0. The fourth-order valence-corrected chi connectivity index (χ4v) is 2.66. The Morgan fingerprint density at radius 1 is 1.40 bits per heavy atom. The van der Waals surface area contributed by atoms with Crippen molar-refractivity contribution in [3.05, 3.63) is 17.7 Å². The fraction of sp³-hybridized carbons (Fsp3) is 0.529. The molecule has 0 unspecified atom stereocenters. The third-order valence-corrected chi connectivity index (χ3v) is 3.97. The molecule has 0 aromatic heterocycles. The van der Waals surface area contributed by atoms with Crippen LogP contribution in [0.15, 0.2) is 12.1 Å². The summed E-state index contributed by atoms with van der Waals surface area (Å²) in [5, 5.41) is 15.6. The zero-order valence-corrected chi connectivity index (χ0v) is 14.3. The highest BCUT2D eigenvalue weighted by atomic mass is 19.1. The molecule has 0 spiro atoms. The molecule has 2 rings (SSSR count). The van der Waals surface area contributed by atoms with Crippen molar-refractivity contribution in [1.29, 1.82) is 0 Å². The minimum atomic E-state index is -0.547. The predicted octanol–water partition coefficient (Wildman–Crippen LogP) is 1.06. The Kier molecular flexibility index (Phi) is 7.00. The number of aromatic hydroxyl groups is 1. The number of hydrogen-bond donors (Lipinski definition) is 3. The molecule has 0 saturated carbocycles. The van der Waals surface area contributed by atoms with E-state index in [9.17, 15) is 19.1 Å². The van der Waals surface area contributed by atoms with E-state index < -0.39 is 6.67 Å². The number of phenolic OH excluding ortho intramolecular Hbond substituents is 1. The molecule has 138 valence electrons. The molecule has 0 atom stereocenters. The van der Waals surface area contributed by atoms with Crippen molar-refractivity contribution in [3.63, 3.8) is 0 Å². The Labute approximate surface area is 146 Å². The third kappa shape index (κ3) is 5.06. The Morgan fingerprint density at radius 3 is 2.92 bits per heavy atom. The number of fused-ring (bicyclic) bond motifs is 1. The number of hydrogen-bond acceptors (Lipinski definition) is 5. The van der Waals surface area contributed by atoms with Gasteiger partial charge < -0.3 is 25.4 Å². The summed E-state index contributed by atoms with van der Waals surface area (Å²) >= 11 is 0. The molecule has 1 aliphatic heterocycles. The van der Waals surface area contributed by atoms with Gasteiger partial charge in [-0.3, -0.25) is 9.59 Å². The first-order chi connectivity index (χ1) is 12.1. The van der Waals surface area contributed by atoms with Crippen LogP contribution >= 0.6 is 0 Å². The summed E-state index contributed by atoms with van der Waals surface area (Å²) in [5.41, 5.74) is 1.17. The minimum absolute atomic E-state index is 0.0281. The number of benzene rings is 1. The first kappa shape index (κ1) is 19.0. The Bertz CT molecular complexity index is 624. The largest absolute Gasteiger partial charge is 0.506 e. The Balaban J connectivity index is 1.83. The molecule has 3 N–H and O–H groups in total. The van der Waals surface area contributed by atoms with Crippen LogP contribution < -0.4 is 15.4 Å². The number of amides is 2. The first-order valence-corrected chi connectivity index (χ1v) is 8.38. The predicted molar refractivity (Wildman–Crippen MR) is 91.7 cm³/mol. The lowest BCUT2D eigenvalue weighted by molar-refractivity contribution is -0.131. The van der Waals surface area contributed by atoms with E-state index in [1.165, 1.54) is 11.0 Å². The Morgan fingerprint density at radius 2 is 2.20 bits per heavy atom. The lowest BCUT2D eigenvalue weighted by atomic mass is 10.1. The molecule has 0 aliphatic carbocycles. The van der Waals surface area contributed by atoms with Gasteiger partial charge in [-0.1, -0.05) is 13.0 Å². The highest BCUT2D eigenvalue weighted by Crippen LogP contribution is 2.39. The van der Waals surface area contributed by atoms with Gasteiger partial charge in [-0.2, -0.15) is 0 Å². The van der Waals surface area contributed by atoms with Crippen LogP contribution in [0.25, 0.3) is 0 Å². The maximum Gasteiger partial charge on any atom is 0.262 e. The van der Waals surface area contributed by atoms with Crippen LogP contribution in [-0.4, -0.2) is 61.3 Å². The molecular weight excluding hydrogens is 329 g/mol. The summed E-state index contributed by atoms with van der Waals surface area (Å²) in [6.07, 6.45) is 0.992. The van der Waals surface area contributed by atoms with Crippen molar-refractivity contribution in [3.8, 4) is 11.5 Å². The number of carbonyl (C=O) groups is 2. The number of alkyl halides is 1. The van der Waals surface area contributed by atoms with Crippen molar-refractivity contribution in [1.82, 2.24) is 10.2 Å². The molecule has 0 saturated heterocycles. The van der Waals surface area contributed by atoms with Crippen molar-refractivity contribution in [2.45, 2.75) is 19.8 Å². The number of phenols is 1. The van der Waals surface area contributed by atoms with E-state index in [1.807, 2.05) is 0 Å². The smallest absolute Gasteiger partial charge is 0.262 e. The molecule has 0 radical (unpaired) electrons. The maximum atomic E-state index is 12.5. The van der Waals surface area contributed by atoms with E-state index >= 15 is 0 Å². The SMILES string of the molecule is CCC(=O)N(CCF)CCNCCc1ccc(O)c2c1OCC(=O)N2. The summed E-state index contributed by atoms with van der Waals surface area (Å²) in [6, 6.07) is 3.27. The van der Waals surface area contributed by atoms with Gasteiger partial charge in [0.1, 0.15) is 18.1 Å². The Hall–Kier alpha value is -2.35. The van der Waals surface area contributed by atoms with Crippen LogP contribution in [0.4, 0.5) is 10.1 Å². The molecule has 0 fully saturated rings.